The Morgan fingerprint density at radius 3 is 2.81 bits per heavy atom. The number of nitrogens with two attached hydrogens (primary N) is 2. The number of carbonyl (C=O) groups is 1. The number of hydrogen-bond acceptors (Lipinski definition) is 3. The Bertz CT molecular complexity index is 681. The maximum absolute atomic E-state index is 11.2. The standard InChI is InChI=1S/C17H19N3O/c18-16-6-2-5-14-11-20(8-7-15(14)16)10-12-3-1-4-13(9-12)17(19)21/h1-6,9H,7-8,10-11,18H2,(H2,19,21). The molecule has 0 saturated carbocycles. The molecule has 0 radical (unpaired) electrons. The Kier molecular flexibility index (Phi) is 3.62. The normalized spacial score (nSPS) is 14.7. The fourth-order valence-corrected chi connectivity index (χ4v) is 2.91. The van der Waals surface area contributed by atoms with E-state index in [9.17, 15) is 4.79 Å². The second-order valence-electron chi connectivity index (χ2n) is 5.51. The summed E-state index contributed by atoms with van der Waals surface area (Å²) in [5.74, 6) is -0.381. The molecule has 1 amide bonds. The van der Waals surface area contributed by atoms with Crippen LogP contribution in [0.5, 0.6) is 0 Å². The number of benzene rings is 2. The van der Waals surface area contributed by atoms with Crippen LogP contribution < -0.4 is 11.5 Å². The first-order valence-corrected chi connectivity index (χ1v) is 7.11. The third-order valence-corrected chi connectivity index (χ3v) is 4.00. The Hall–Kier alpha value is -2.33. The summed E-state index contributed by atoms with van der Waals surface area (Å²) < 4.78 is 0. The third kappa shape index (κ3) is 2.90. The molecule has 108 valence electrons. The topological polar surface area (TPSA) is 72.4 Å². The van der Waals surface area contributed by atoms with E-state index in [-0.39, 0.29) is 5.91 Å². The monoisotopic (exact) mass is 281 g/mol. The highest BCUT2D eigenvalue weighted by Crippen LogP contribution is 2.25. The molecule has 1 heterocycles. The molecule has 3 rings (SSSR count). The van der Waals surface area contributed by atoms with Gasteiger partial charge < -0.3 is 11.5 Å². The molecular formula is C17H19N3O. The molecule has 0 unspecified atom stereocenters. The van der Waals surface area contributed by atoms with E-state index in [1.54, 1.807) is 6.07 Å². The molecule has 2 aromatic rings. The van der Waals surface area contributed by atoms with Crippen LogP contribution in [0, 0.1) is 0 Å². The van der Waals surface area contributed by atoms with Gasteiger partial charge in [0.2, 0.25) is 5.91 Å². The third-order valence-electron chi connectivity index (χ3n) is 4.00. The summed E-state index contributed by atoms with van der Waals surface area (Å²) >= 11 is 0. The quantitative estimate of drug-likeness (QED) is 0.844. The van der Waals surface area contributed by atoms with E-state index in [0.29, 0.717) is 5.56 Å². The molecule has 0 fully saturated rings. The summed E-state index contributed by atoms with van der Waals surface area (Å²) in [5.41, 5.74) is 16.5. The first kappa shape index (κ1) is 13.6. The van der Waals surface area contributed by atoms with Crippen molar-refractivity contribution < 1.29 is 4.79 Å². The van der Waals surface area contributed by atoms with Crippen LogP contribution in [0.2, 0.25) is 0 Å². The molecule has 0 aliphatic carbocycles. The first-order valence-electron chi connectivity index (χ1n) is 7.11. The molecule has 4 N–H and O–H groups in total. The number of nitrogens with zero attached hydrogens (tertiary/aromatic N) is 1. The lowest BCUT2D eigenvalue weighted by Gasteiger charge is -2.29. The number of carbonyl (C=O) groups excluding carboxylic acids is 1. The fraction of sp³-hybridized carbons (Fsp3) is 0.235. The summed E-state index contributed by atoms with van der Waals surface area (Å²) in [7, 11) is 0. The number of anilines is 1. The smallest absolute Gasteiger partial charge is 0.248 e. The summed E-state index contributed by atoms with van der Waals surface area (Å²) in [6, 6.07) is 13.6. The number of hydrogen-bond donors (Lipinski definition) is 2. The average Bonchev–Trinajstić information content (AvgIpc) is 2.47. The minimum Gasteiger partial charge on any atom is -0.398 e. The largest absolute Gasteiger partial charge is 0.398 e. The zero-order valence-electron chi connectivity index (χ0n) is 11.9. The van der Waals surface area contributed by atoms with Gasteiger partial charge in [-0.2, -0.15) is 0 Å². The van der Waals surface area contributed by atoms with Gasteiger partial charge >= 0.3 is 0 Å². The van der Waals surface area contributed by atoms with E-state index in [4.69, 9.17) is 11.5 Å². The Labute approximate surface area is 124 Å². The lowest BCUT2D eigenvalue weighted by molar-refractivity contribution is 0.1000. The summed E-state index contributed by atoms with van der Waals surface area (Å²) in [6.07, 6.45) is 0.970. The molecule has 0 atom stereocenters. The lowest BCUT2D eigenvalue weighted by Crippen LogP contribution is -2.30. The summed E-state index contributed by atoms with van der Waals surface area (Å²) in [6.45, 7) is 2.68. The van der Waals surface area contributed by atoms with Crippen LogP contribution in [-0.4, -0.2) is 17.4 Å². The predicted molar refractivity (Wildman–Crippen MR) is 83.6 cm³/mol. The van der Waals surface area contributed by atoms with Crippen molar-refractivity contribution in [3.8, 4) is 0 Å². The van der Waals surface area contributed by atoms with Crippen LogP contribution in [0.15, 0.2) is 42.5 Å². The molecule has 1 aliphatic heterocycles. The van der Waals surface area contributed by atoms with Gasteiger partial charge in [-0.15, -0.1) is 0 Å². The van der Waals surface area contributed by atoms with Crippen LogP contribution in [0.3, 0.4) is 0 Å². The highest BCUT2D eigenvalue weighted by atomic mass is 16.1. The van der Waals surface area contributed by atoms with Gasteiger partial charge in [0.1, 0.15) is 0 Å². The molecule has 2 aromatic carbocycles. The number of primary amides is 1. The number of fused-ring (bicyclic) bond motifs is 1. The van der Waals surface area contributed by atoms with Crippen molar-refractivity contribution in [2.45, 2.75) is 19.5 Å². The van der Waals surface area contributed by atoms with E-state index in [0.717, 1.165) is 37.3 Å². The summed E-state index contributed by atoms with van der Waals surface area (Å²) in [4.78, 5) is 13.6. The van der Waals surface area contributed by atoms with Crippen LogP contribution >= 0.6 is 0 Å². The van der Waals surface area contributed by atoms with Crippen LogP contribution in [0.4, 0.5) is 5.69 Å². The SMILES string of the molecule is NC(=O)c1cccc(CN2CCc3c(N)cccc3C2)c1. The van der Waals surface area contributed by atoms with Gasteiger partial charge in [-0.3, -0.25) is 9.69 Å². The van der Waals surface area contributed by atoms with Crippen LogP contribution in [0.25, 0.3) is 0 Å². The van der Waals surface area contributed by atoms with E-state index < -0.39 is 0 Å². The van der Waals surface area contributed by atoms with Gasteiger partial charge in [-0.25, -0.2) is 0 Å². The number of amides is 1. The van der Waals surface area contributed by atoms with Crippen molar-refractivity contribution in [2.24, 2.45) is 5.73 Å². The predicted octanol–water partition coefficient (Wildman–Crippen LogP) is 1.93. The second-order valence-corrected chi connectivity index (χ2v) is 5.51. The molecule has 4 nitrogen and oxygen atoms in total. The molecule has 0 spiro atoms. The van der Waals surface area contributed by atoms with Crippen molar-refractivity contribution in [1.82, 2.24) is 4.90 Å². The van der Waals surface area contributed by atoms with E-state index >= 15 is 0 Å². The van der Waals surface area contributed by atoms with Gasteiger partial charge in [-0.1, -0.05) is 24.3 Å². The minimum absolute atomic E-state index is 0.381. The number of rotatable bonds is 3. The maximum Gasteiger partial charge on any atom is 0.248 e. The Balaban J connectivity index is 1.75. The molecule has 0 bridgehead atoms. The molecular weight excluding hydrogens is 262 g/mol. The van der Waals surface area contributed by atoms with Gasteiger partial charge in [-0.05, 0) is 41.3 Å². The van der Waals surface area contributed by atoms with E-state index in [1.807, 2.05) is 30.3 Å². The lowest BCUT2D eigenvalue weighted by atomic mass is 9.97. The maximum atomic E-state index is 11.2. The highest BCUT2D eigenvalue weighted by molar-refractivity contribution is 5.92. The van der Waals surface area contributed by atoms with Crippen molar-refractivity contribution >= 4 is 11.6 Å². The van der Waals surface area contributed by atoms with Crippen LogP contribution in [0.1, 0.15) is 27.0 Å². The van der Waals surface area contributed by atoms with Crippen molar-refractivity contribution in [3.05, 3.63) is 64.7 Å². The molecule has 0 saturated heterocycles. The van der Waals surface area contributed by atoms with Crippen molar-refractivity contribution in [3.63, 3.8) is 0 Å². The highest BCUT2D eigenvalue weighted by Gasteiger charge is 2.18. The van der Waals surface area contributed by atoms with Crippen molar-refractivity contribution in [1.29, 1.82) is 0 Å². The van der Waals surface area contributed by atoms with Gasteiger partial charge in [0.05, 0.1) is 0 Å². The fourth-order valence-electron chi connectivity index (χ4n) is 2.91. The zero-order chi connectivity index (χ0) is 14.8. The molecule has 4 heteroatoms. The zero-order valence-corrected chi connectivity index (χ0v) is 11.9. The van der Waals surface area contributed by atoms with Crippen molar-refractivity contribution in [2.75, 3.05) is 12.3 Å². The minimum atomic E-state index is -0.381. The van der Waals surface area contributed by atoms with E-state index in [1.165, 1.54) is 11.1 Å². The van der Waals surface area contributed by atoms with Crippen LogP contribution in [-0.2, 0) is 19.5 Å². The average molecular weight is 281 g/mol. The van der Waals surface area contributed by atoms with Gasteiger partial charge in [0.15, 0.2) is 0 Å². The molecule has 0 aromatic heterocycles. The van der Waals surface area contributed by atoms with Gasteiger partial charge in [0.25, 0.3) is 0 Å². The van der Waals surface area contributed by atoms with E-state index in [2.05, 4.69) is 11.0 Å². The number of nitrogen functional groups attached to an aromatic ring is 1. The molecule has 21 heavy (non-hydrogen) atoms. The molecule has 1 aliphatic rings. The summed E-state index contributed by atoms with van der Waals surface area (Å²) in [5, 5.41) is 0. The Morgan fingerprint density at radius 2 is 2.00 bits per heavy atom. The second kappa shape index (κ2) is 5.58. The van der Waals surface area contributed by atoms with Gasteiger partial charge in [0, 0.05) is 30.9 Å². The first-order chi connectivity index (χ1) is 10.1. The Morgan fingerprint density at radius 1 is 1.19 bits per heavy atom.